The topological polar surface area (TPSA) is 77.1 Å². The van der Waals surface area contributed by atoms with Crippen LogP contribution in [0.3, 0.4) is 0 Å². The Labute approximate surface area is 259 Å². The lowest BCUT2D eigenvalue weighted by Crippen LogP contribution is -2.38. The summed E-state index contributed by atoms with van der Waals surface area (Å²) in [4.78, 5) is 30.8. The van der Waals surface area contributed by atoms with Crippen molar-refractivity contribution in [1.82, 2.24) is 0 Å². The summed E-state index contributed by atoms with van der Waals surface area (Å²) < 4.78 is 17.5. The summed E-state index contributed by atoms with van der Waals surface area (Å²) in [6.07, 6.45) is 0.980. The van der Waals surface area contributed by atoms with Crippen molar-refractivity contribution in [3.63, 3.8) is 0 Å². The summed E-state index contributed by atoms with van der Waals surface area (Å²) >= 11 is 3.61. The van der Waals surface area contributed by atoms with E-state index < -0.39 is 6.04 Å². The highest BCUT2D eigenvalue weighted by Gasteiger charge is 2.42. The van der Waals surface area contributed by atoms with Gasteiger partial charge in [0, 0.05) is 27.7 Å². The third kappa shape index (κ3) is 5.27. The van der Waals surface area contributed by atoms with Crippen LogP contribution in [0.15, 0.2) is 107 Å². The second-order valence-electron chi connectivity index (χ2n) is 10.5. The largest absolute Gasteiger partial charge is 0.493 e. The van der Waals surface area contributed by atoms with Gasteiger partial charge in [0.05, 0.1) is 38.7 Å². The van der Waals surface area contributed by atoms with Crippen molar-refractivity contribution in [3.05, 3.63) is 123 Å². The fraction of sp³-hybridized carbons (Fsp3) is 0.200. The Morgan fingerprint density at radius 2 is 1.49 bits per heavy atom. The third-order valence-electron chi connectivity index (χ3n) is 8.05. The zero-order valence-corrected chi connectivity index (χ0v) is 25.7. The highest BCUT2D eigenvalue weighted by molar-refractivity contribution is 9.10. The Kier molecular flexibility index (Phi) is 7.95. The molecule has 218 valence electrons. The van der Waals surface area contributed by atoms with Crippen LogP contribution in [0.4, 0.5) is 11.4 Å². The van der Waals surface area contributed by atoms with Crippen LogP contribution < -0.4 is 24.4 Å². The molecule has 6 rings (SSSR count). The second kappa shape index (κ2) is 12.0. The number of fused-ring (bicyclic) bond motifs is 1. The number of halogens is 1. The number of methoxy groups -OCH3 is 3. The van der Waals surface area contributed by atoms with Gasteiger partial charge in [-0.05, 0) is 59.9 Å². The van der Waals surface area contributed by atoms with Gasteiger partial charge in [-0.2, -0.15) is 0 Å². The number of amides is 1. The molecule has 8 heteroatoms. The average molecular weight is 640 g/mol. The van der Waals surface area contributed by atoms with Crippen molar-refractivity contribution in [2.45, 2.75) is 24.8 Å². The van der Waals surface area contributed by atoms with Gasteiger partial charge in [0.1, 0.15) is 0 Å². The van der Waals surface area contributed by atoms with E-state index in [1.165, 1.54) is 21.3 Å². The zero-order valence-electron chi connectivity index (χ0n) is 24.1. The van der Waals surface area contributed by atoms with Crippen molar-refractivity contribution >= 4 is 39.0 Å². The van der Waals surface area contributed by atoms with Crippen LogP contribution in [0.1, 0.15) is 46.3 Å². The maximum Gasteiger partial charge on any atom is 0.259 e. The fourth-order valence-electron chi connectivity index (χ4n) is 6.11. The van der Waals surface area contributed by atoms with Crippen molar-refractivity contribution in [1.29, 1.82) is 0 Å². The van der Waals surface area contributed by atoms with E-state index in [4.69, 9.17) is 14.2 Å². The SMILES string of the molecule is COc1cc(C(=O)N2c3ccccc3NC3=C(C(=O)C[C@H](c4ccccc4)C3)[C@@H]2c2cccc(Br)c2)cc(OC)c1OC. The highest BCUT2D eigenvalue weighted by Crippen LogP contribution is 2.49. The summed E-state index contributed by atoms with van der Waals surface area (Å²) in [5, 5.41) is 3.59. The number of carbonyl (C=O) groups is 2. The molecular formula is C35H31BrN2O5. The lowest BCUT2D eigenvalue weighted by atomic mass is 9.78. The maximum atomic E-state index is 14.8. The number of para-hydroxylation sites is 2. The van der Waals surface area contributed by atoms with Gasteiger partial charge in [0.15, 0.2) is 17.3 Å². The molecule has 1 heterocycles. The first kappa shape index (κ1) is 28.6. The van der Waals surface area contributed by atoms with E-state index in [9.17, 15) is 9.59 Å². The van der Waals surface area contributed by atoms with E-state index in [0.717, 1.165) is 27.0 Å². The lowest BCUT2D eigenvalue weighted by molar-refractivity contribution is -0.116. The standard InChI is InChI=1S/C35H31BrN2O5/c1-41-30-19-24(20-31(42-2)34(30)43-3)35(40)38-28-15-8-7-14-26(28)37-27-17-23(21-10-5-4-6-11-21)18-29(39)32(27)33(38)22-12-9-13-25(36)16-22/h4-16,19-20,23,33,37H,17-18H2,1-3H3/t23-,33+/m1/s1. The molecule has 0 radical (unpaired) electrons. The first-order chi connectivity index (χ1) is 20.9. The van der Waals surface area contributed by atoms with E-state index in [-0.39, 0.29) is 17.6 Å². The minimum Gasteiger partial charge on any atom is -0.493 e. The van der Waals surface area contributed by atoms with Crippen LogP contribution in [0.2, 0.25) is 0 Å². The molecule has 4 aromatic rings. The fourth-order valence-corrected chi connectivity index (χ4v) is 6.53. The zero-order chi connectivity index (χ0) is 30.1. The normalized spacial score (nSPS) is 17.8. The summed E-state index contributed by atoms with van der Waals surface area (Å²) in [6.45, 7) is 0. The molecule has 2 aliphatic rings. The van der Waals surface area contributed by atoms with Crippen molar-refractivity contribution in [2.75, 3.05) is 31.5 Å². The Balaban J connectivity index is 1.58. The number of nitrogens with one attached hydrogen (secondary N) is 1. The number of hydrogen-bond acceptors (Lipinski definition) is 6. The molecule has 0 unspecified atom stereocenters. The van der Waals surface area contributed by atoms with Crippen molar-refractivity contribution in [3.8, 4) is 17.2 Å². The molecule has 43 heavy (non-hydrogen) atoms. The summed E-state index contributed by atoms with van der Waals surface area (Å²) in [5.74, 6) is 0.831. The molecule has 1 aliphatic heterocycles. The Morgan fingerprint density at radius 1 is 0.814 bits per heavy atom. The van der Waals surface area contributed by atoms with Crippen molar-refractivity contribution in [2.24, 2.45) is 0 Å². The van der Waals surface area contributed by atoms with E-state index in [2.05, 4.69) is 33.4 Å². The predicted octanol–water partition coefficient (Wildman–Crippen LogP) is 7.69. The average Bonchev–Trinajstić information content (AvgIpc) is 3.18. The van der Waals surface area contributed by atoms with Crippen LogP contribution in [0.5, 0.6) is 17.2 Å². The summed E-state index contributed by atoms with van der Waals surface area (Å²) in [5.41, 5.74) is 5.07. The van der Waals surface area contributed by atoms with Gasteiger partial charge in [0.25, 0.3) is 5.91 Å². The van der Waals surface area contributed by atoms with Crippen LogP contribution in [0, 0.1) is 0 Å². The number of allylic oxidation sites excluding steroid dienone is 1. The summed E-state index contributed by atoms with van der Waals surface area (Å²) in [7, 11) is 4.55. The first-order valence-electron chi connectivity index (χ1n) is 14.0. The smallest absolute Gasteiger partial charge is 0.259 e. The van der Waals surface area contributed by atoms with E-state index in [0.29, 0.717) is 46.9 Å². The Hall–Kier alpha value is -4.56. The molecule has 0 saturated carbocycles. The Bertz CT molecular complexity index is 1710. The van der Waals surface area contributed by atoms with Gasteiger partial charge < -0.3 is 19.5 Å². The number of ether oxygens (including phenoxy) is 3. The number of carbonyl (C=O) groups excluding carboxylic acids is 2. The molecule has 0 saturated heterocycles. The van der Waals surface area contributed by atoms with Gasteiger partial charge in [-0.15, -0.1) is 0 Å². The third-order valence-corrected chi connectivity index (χ3v) is 8.55. The summed E-state index contributed by atoms with van der Waals surface area (Å²) in [6, 6.07) is 28.2. The van der Waals surface area contributed by atoms with Crippen LogP contribution in [-0.2, 0) is 4.79 Å². The van der Waals surface area contributed by atoms with Crippen LogP contribution in [-0.4, -0.2) is 33.0 Å². The van der Waals surface area contributed by atoms with E-state index >= 15 is 0 Å². The van der Waals surface area contributed by atoms with Gasteiger partial charge in [0.2, 0.25) is 5.75 Å². The number of benzene rings is 4. The van der Waals surface area contributed by atoms with Gasteiger partial charge >= 0.3 is 0 Å². The molecule has 2 atom stereocenters. The van der Waals surface area contributed by atoms with Gasteiger partial charge in [-0.3, -0.25) is 14.5 Å². The molecule has 0 aromatic heterocycles. The number of rotatable bonds is 6. The first-order valence-corrected chi connectivity index (χ1v) is 14.8. The molecule has 4 aromatic carbocycles. The predicted molar refractivity (Wildman–Crippen MR) is 170 cm³/mol. The highest BCUT2D eigenvalue weighted by atomic mass is 79.9. The monoisotopic (exact) mass is 638 g/mol. The molecular weight excluding hydrogens is 608 g/mol. The minimum atomic E-state index is -0.695. The molecule has 0 bridgehead atoms. The number of ketones is 1. The van der Waals surface area contributed by atoms with E-state index in [1.807, 2.05) is 66.7 Å². The van der Waals surface area contributed by atoms with Gasteiger partial charge in [-0.25, -0.2) is 0 Å². The van der Waals surface area contributed by atoms with Crippen LogP contribution in [0.25, 0.3) is 0 Å². The Morgan fingerprint density at radius 3 is 2.16 bits per heavy atom. The number of hydrogen-bond donors (Lipinski definition) is 1. The maximum absolute atomic E-state index is 14.8. The molecule has 0 spiro atoms. The number of nitrogens with zero attached hydrogens (tertiary/aromatic N) is 1. The second-order valence-corrected chi connectivity index (χ2v) is 11.4. The molecule has 1 aliphatic carbocycles. The number of anilines is 2. The molecule has 1 amide bonds. The quantitative estimate of drug-likeness (QED) is 0.233. The molecule has 7 nitrogen and oxygen atoms in total. The molecule has 0 fully saturated rings. The van der Waals surface area contributed by atoms with Crippen LogP contribution >= 0.6 is 15.9 Å². The van der Waals surface area contributed by atoms with Gasteiger partial charge in [-0.1, -0.05) is 70.5 Å². The molecule has 1 N–H and O–H groups in total. The van der Waals surface area contributed by atoms with Crippen molar-refractivity contribution < 1.29 is 23.8 Å². The minimum absolute atomic E-state index is 0.00285. The lowest BCUT2D eigenvalue weighted by Gasteiger charge is -2.35. The van der Waals surface area contributed by atoms with E-state index in [1.54, 1.807) is 17.0 Å². The number of Topliss-reactive ketones (excluding diaryl/α,β-unsaturated/α-hetero) is 1.